The molecule has 2 atom stereocenters. The molecule has 0 aliphatic rings. The molecule has 2 rings (SSSR count). The van der Waals surface area contributed by atoms with E-state index in [0.29, 0.717) is 25.7 Å². The van der Waals surface area contributed by atoms with Crippen LogP contribution in [-0.2, 0) is 17.6 Å². The maximum atomic E-state index is 12.3. The van der Waals surface area contributed by atoms with Crippen LogP contribution in [0.15, 0.2) is 60.7 Å². The van der Waals surface area contributed by atoms with Gasteiger partial charge in [0.1, 0.15) is 6.04 Å². The van der Waals surface area contributed by atoms with Gasteiger partial charge in [-0.2, -0.15) is 0 Å². The topological polar surface area (TPSA) is 85.2 Å². The Morgan fingerprint density at radius 3 is 2.04 bits per heavy atom. The van der Waals surface area contributed by atoms with Gasteiger partial charge in [-0.05, 0) is 36.2 Å². The van der Waals surface area contributed by atoms with Crippen molar-refractivity contribution in [1.82, 2.24) is 0 Å². The van der Waals surface area contributed by atoms with Gasteiger partial charge in [0, 0.05) is 12.8 Å². The van der Waals surface area contributed by atoms with Gasteiger partial charge in [-0.15, -0.1) is 0 Å². The van der Waals surface area contributed by atoms with E-state index in [1.54, 1.807) is 0 Å². The smallest absolute Gasteiger partial charge is 0.427 e. The normalized spacial score (nSPS) is 13.2. The van der Waals surface area contributed by atoms with E-state index in [9.17, 15) is 14.8 Å². The Bertz CT molecular complexity index is 634. The standard InChI is InChI=1S/C20H26BNO3/c22-19(15-17-9-5-2-6-10-17)20(23)14-13-18(21(24)25)12-11-16-7-3-1-4-8-16/h1-10,18-19,24-25H,11-15,22H2/p+1/t18-,19+/m1/s1. The zero-order valence-electron chi connectivity index (χ0n) is 14.6. The lowest BCUT2D eigenvalue weighted by Crippen LogP contribution is -2.65. The van der Waals surface area contributed by atoms with Gasteiger partial charge in [0.15, 0.2) is 5.78 Å². The molecule has 0 saturated carbocycles. The van der Waals surface area contributed by atoms with Crippen molar-refractivity contribution in [1.29, 1.82) is 0 Å². The second kappa shape index (κ2) is 10.1. The fourth-order valence-corrected chi connectivity index (χ4v) is 2.98. The molecule has 0 aliphatic heterocycles. The van der Waals surface area contributed by atoms with Crippen LogP contribution in [0.2, 0.25) is 5.82 Å². The van der Waals surface area contributed by atoms with Gasteiger partial charge in [-0.1, -0.05) is 60.7 Å². The van der Waals surface area contributed by atoms with Crippen LogP contribution in [-0.4, -0.2) is 29.0 Å². The molecule has 0 radical (unpaired) electrons. The molecule has 132 valence electrons. The van der Waals surface area contributed by atoms with Gasteiger partial charge in [0.05, 0.1) is 0 Å². The van der Waals surface area contributed by atoms with Crippen molar-refractivity contribution in [3.63, 3.8) is 0 Å². The van der Waals surface area contributed by atoms with Gasteiger partial charge in [0.25, 0.3) is 0 Å². The first kappa shape index (κ1) is 19.4. The van der Waals surface area contributed by atoms with E-state index in [4.69, 9.17) is 0 Å². The van der Waals surface area contributed by atoms with Crippen LogP contribution < -0.4 is 5.73 Å². The number of carbonyl (C=O) groups excluding carboxylic acids is 1. The maximum absolute atomic E-state index is 12.3. The number of rotatable bonds is 10. The molecule has 0 aromatic heterocycles. The predicted octanol–water partition coefficient (Wildman–Crippen LogP) is 1.66. The zero-order valence-corrected chi connectivity index (χ0v) is 14.6. The van der Waals surface area contributed by atoms with Crippen LogP contribution in [0.25, 0.3) is 0 Å². The third-order valence-electron chi connectivity index (χ3n) is 4.61. The molecule has 0 amide bonds. The fraction of sp³-hybridized carbons (Fsp3) is 0.350. The molecule has 0 bridgehead atoms. The minimum absolute atomic E-state index is 0.0780. The average molecular weight is 340 g/mol. The van der Waals surface area contributed by atoms with Crippen molar-refractivity contribution in [2.75, 3.05) is 0 Å². The highest BCUT2D eigenvalue weighted by molar-refractivity contribution is 6.43. The summed E-state index contributed by atoms with van der Waals surface area (Å²) in [4.78, 5) is 12.3. The van der Waals surface area contributed by atoms with Crippen molar-refractivity contribution < 1.29 is 20.6 Å². The maximum Gasteiger partial charge on any atom is 0.454 e. The number of hydrogen-bond acceptors (Lipinski definition) is 3. The number of carbonyl (C=O) groups is 1. The summed E-state index contributed by atoms with van der Waals surface area (Å²) in [7, 11) is -1.39. The van der Waals surface area contributed by atoms with Gasteiger partial charge in [-0.3, -0.25) is 4.79 Å². The van der Waals surface area contributed by atoms with Gasteiger partial charge >= 0.3 is 7.12 Å². The summed E-state index contributed by atoms with van der Waals surface area (Å²) in [6, 6.07) is 19.5. The Kier molecular flexibility index (Phi) is 7.86. The third-order valence-corrected chi connectivity index (χ3v) is 4.61. The van der Waals surface area contributed by atoms with E-state index in [1.165, 1.54) is 5.56 Å². The largest absolute Gasteiger partial charge is 0.454 e. The molecule has 5 heteroatoms. The third kappa shape index (κ3) is 6.82. The quantitative estimate of drug-likeness (QED) is 0.575. The fourth-order valence-electron chi connectivity index (χ4n) is 2.98. The number of quaternary nitrogens is 1. The van der Waals surface area contributed by atoms with E-state index >= 15 is 0 Å². The molecular weight excluding hydrogens is 313 g/mol. The first-order chi connectivity index (χ1) is 12.1. The molecule has 2 aromatic carbocycles. The molecule has 0 spiro atoms. The molecule has 2 aromatic rings. The van der Waals surface area contributed by atoms with Crippen LogP contribution in [0.4, 0.5) is 0 Å². The van der Waals surface area contributed by atoms with Gasteiger partial charge in [0.2, 0.25) is 0 Å². The molecule has 5 N–H and O–H groups in total. The molecule has 0 aliphatic carbocycles. The highest BCUT2D eigenvalue weighted by atomic mass is 16.4. The Labute approximate surface area is 149 Å². The zero-order chi connectivity index (χ0) is 18.1. The first-order valence-corrected chi connectivity index (χ1v) is 8.86. The van der Waals surface area contributed by atoms with E-state index in [0.717, 1.165) is 12.0 Å². The Hall–Kier alpha value is -1.95. The van der Waals surface area contributed by atoms with Crippen molar-refractivity contribution in [2.24, 2.45) is 0 Å². The van der Waals surface area contributed by atoms with Crippen LogP contribution in [0.5, 0.6) is 0 Å². The van der Waals surface area contributed by atoms with Crippen molar-refractivity contribution in [2.45, 2.75) is 44.0 Å². The molecule has 4 nitrogen and oxygen atoms in total. The Morgan fingerprint density at radius 2 is 1.48 bits per heavy atom. The van der Waals surface area contributed by atoms with E-state index in [1.807, 2.05) is 60.7 Å². The monoisotopic (exact) mass is 340 g/mol. The second-order valence-corrected chi connectivity index (χ2v) is 6.59. The second-order valence-electron chi connectivity index (χ2n) is 6.59. The molecule has 25 heavy (non-hydrogen) atoms. The highest BCUT2D eigenvalue weighted by Crippen LogP contribution is 2.23. The summed E-state index contributed by atoms with van der Waals surface area (Å²) >= 11 is 0. The van der Waals surface area contributed by atoms with Crippen molar-refractivity contribution in [3.8, 4) is 0 Å². The van der Waals surface area contributed by atoms with Gasteiger partial charge in [-0.25, -0.2) is 0 Å². The minimum Gasteiger partial charge on any atom is -0.427 e. The SMILES string of the molecule is [NH3+][C@@H](Cc1ccccc1)C(=O)CC[C@@H](CCc1ccccc1)B(O)O. The van der Waals surface area contributed by atoms with Gasteiger partial charge < -0.3 is 15.8 Å². The summed E-state index contributed by atoms with van der Waals surface area (Å²) in [5.74, 6) is -0.220. The molecular formula is C20H27BNO3+. The summed E-state index contributed by atoms with van der Waals surface area (Å²) in [6.07, 6.45) is 2.85. The van der Waals surface area contributed by atoms with Crippen LogP contribution >= 0.6 is 0 Å². The lowest BCUT2D eigenvalue weighted by atomic mass is 9.67. The highest BCUT2D eigenvalue weighted by Gasteiger charge is 2.26. The average Bonchev–Trinajstić information content (AvgIpc) is 2.62. The first-order valence-electron chi connectivity index (χ1n) is 8.86. The minimum atomic E-state index is -1.39. The lowest BCUT2D eigenvalue weighted by molar-refractivity contribution is -0.402. The van der Waals surface area contributed by atoms with Crippen LogP contribution in [0.1, 0.15) is 30.4 Å². The Balaban J connectivity index is 1.80. The summed E-state index contributed by atoms with van der Waals surface area (Å²) in [5, 5.41) is 19.2. The van der Waals surface area contributed by atoms with E-state index in [2.05, 4.69) is 5.73 Å². The molecule has 0 heterocycles. The number of Topliss-reactive ketones (excluding diaryl/α,β-unsaturated/α-hetero) is 1. The summed E-state index contributed by atoms with van der Waals surface area (Å²) < 4.78 is 0. The van der Waals surface area contributed by atoms with Crippen molar-refractivity contribution >= 4 is 12.9 Å². The van der Waals surface area contributed by atoms with E-state index in [-0.39, 0.29) is 17.6 Å². The summed E-state index contributed by atoms with van der Waals surface area (Å²) in [6.45, 7) is 0. The number of ketones is 1. The number of benzene rings is 2. The molecule has 0 unspecified atom stereocenters. The van der Waals surface area contributed by atoms with Crippen LogP contribution in [0, 0.1) is 0 Å². The summed E-state index contributed by atoms with van der Waals surface area (Å²) in [5.41, 5.74) is 6.24. The Morgan fingerprint density at radius 1 is 0.920 bits per heavy atom. The molecule has 0 saturated heterocycles. The van der Waals surface area contributed by atoms with E-state index < -0.39 is 7.12 Å². The predicted molar refractivity (Wildman–Crippen MR) is 99.8 cm³/mol. The number of hydrogen-bond donors (Lipinski definition) is 3. The lowest BCUT2D eigenvalue weighted by Gasteiger charge is -2.16. The number of aryl methyl sites for hydroxylation is 1. The van der Waals surface area contributed by atoms with Crippen molar-refractivity contribution in [3.05, 3.63) is 71.8 Å². The molecule has 0 fully saturated rings. The van der Waals surface area contributed by atoms with Crippen LogP contribution in [0.3, 0.4) is 0 Å².